The molecule has 0 aliphatic carbocycles. The molecule has 190 valence electrons. The van der Waals surface area contributed by atoms with Gasteiger partial charge in [-0.15, -0.1) is 0 Å². The van der Waals surface area contributed by atoms with Gasteiger partial charge in [-0.2, -0.15) is 0 Å². The van der Waals surface area contributed by atoms with Crippen LogP contribution < -0.4 is 5.32 Å². The van der Waals surface area contributed by atoms with E-state index in [1.54, 1.807) is 11.8 Å². The Hall–Kier alpha value is -3.65. The zero-order valence-corrected chi connectivity index (χ0v) is 21.1. The van der Waals surface area contributed by atoms with Crippen molar-refractivity contribution in [3.05, 3.63) is 83.1 Å². The summed E-state index contributed by atoms with van der Waals surface area (Å²) in [4.78, 5) is 45.1. The highest BCUT2D eigenvalue weighted by atomic mass is 16.5. The van der Waals surface area contributed by atoms with Gasteiger partial charge < -0.3 is 15.0 Å². The Balaban J connectivity index is 1.62. The first kappa shape index (κ1) is 25.4. The highest BCUT2D eigenvalue weighted by Crippen LogP contribution is 2.32. The molecule has 1 fully saturated rings. The highest BCUT2D eigenvalue weighted by molar-refractivity contribution is 5.95. The molecule has 2 heterocycles. The monoisotopic (exact) mass is 490 g/mol. The molecule has 0 spiro atoms. The number of carbonyl (C=O) groups excluding carboxylic acids is 3. The van der Waals surface area contributed by atoms with E-state index in [1.165, 1.54) is 0 Å². The van der Waals surface area contributed by atoms with Gasteiger partial charge in [0, 0.05) is 50.0 Å². The maximum absolute atomic E-state index is 13.2. The number of urea groups is 1. The number of hydrogen-bond donors (Lipinski definition) is 1. The highest BCUT2D eigenvalue weighted by Gasteiger charge is 2.39. The van der Waals surface area contributed by atoms with Crippen molar-refractivity contribution in [2.24, 2.45) is 0 Å². The predicted molar refractivity (Wildman–Crippen MR) is 137 cm³/mol. The Labute approximate surface area is 212 Å². The minimum Gasteiger partial charge on any atom is -0.463 e. The summed E-state index contributed by atoms with van der Waals surface area (Å²) < 4.78 is 5.45. The second-order valence-corrected chi connectivity index (χ2v) is 9.07. The summed E-state index contributed by atoms with van der Waals surface area (Å²) in [5.41, 5.74) is 2.62. The minimum absolute atomic E-state index is 0.0180. The number of amides is 3. The quantitative estimate of drug-likeness (QED) is 0.602. The third-order valence-corrected chi connectivity index (χ3v) is 6.75. The number of esters is 1. The van der Waals surface area contributed by atoms with Crippen LogP contribution in [0.1, 0.15) is 42.7 Å². The molecule has 1 N–H and O–H groups in total. The van der Waals surface area contributed by atoms with Crippen molar-refractivity contribution in [1.29, 1.82) is 0 Å². The van der Waals surface area contributed by atoms with E-state index in [9.17, 15) is 14.4 Å². The Kier molecular flexibility index (Phi) is 8.05. The normalized spacial score (nSPS) is 20.8. The zero-order chi connectivity index (χ0) is 25.7. The van der Waals surface area contributed by atoms with Crippen LogP contribution in [-0.2, 0) is 9.53 Å². The number of benzene rings is 2. The second-order valence-electron chi connectivity index (χ2n) is 9.07. The summed E-state index contributed by atoms with van der Waals surface area (Å²) in [7, 11) is 0. The minimum atomic E-state index is -0.589. The maximum atomic E-state index is 13.2. The summed E-state index contributed by atoms with van der Waals surface area (Å²) in [6.45, 7) is 8.62. The summed E-state index contributed by atoms with van der Waals surface area (Å²) >= 11 is 0. The molecule has 1 saturated heterocycles. The van der Waals surface area contributed by atoms with Crippen molar-refractivity contribution < 1.29 is 19.1 Å². The summed E-state index contributed by atoms with van der Waals surface area (Å²) in [6.07, 6.45) is 0. The standard InChI is InChI=1S/C28H34N4O4/c1-4-31-23(19-30-16-17-32(20(3)18-30)26(33)22-14-10-7-11-15-22)24(27(34)36-5-2)25(29-28(31)35)21-12-8-6-9-13-21/h6-15,20,25H,4-5,16-19H2,1-3H3,(H,29,35)/t20-,25+/m0/s1. The first-order valence-electron chi connectivity index (χ1n) is 12.6. The maximum Gasteiger partial charge on any atom is 0.338 e. The van der Waals surface area contributed by atoms with E-state index in [-0.39, 0.29) is 24.6 Å². The van der Waals surface area contributed by atoms with Crippen molar-refractivity contribution in [3.8, 4) is 0 Å². The molecule has 2 aliphatic rings. The van der Waals surface area contributed by atoms with Gasteiger partial charge in [-0.1, -0.05) is 48.5 Å². The third kappa shape index (κ3) is 5.28. The van der Waals surface area contributed by atoms with Crippen LogP contribution >= 0.6 is 0 Å². The number of hydrogen-bond acceptors (Lipinski definition) is 5. The number of carbonyl (C=O) groups is 3. The number of nitrogens with zero attached hydrogens (tertiary/aromatic N) is 3. The smallest absolute Gasteiger partial charge is 0.338 e. The third-order valence-electron chi connectivity index (χ3n) is 6.75. The van der Waals surface area contributed by atoms with Crippen molar-refractivity contribution in [1.82, 2.24) is 20.0 Å². The van der Waals surface area contributed by atoms with Crippen LogP contribution in [0.2, 0.25) is 0 Å². The largest absolute Gasteiger partial charge is 0.463 e. The van der Waals surface area contributed by atoms with Crippen LogP contribution in [0.15, 0.2) is 71.9 Å². The van der Waals surface area contributed by atoms with E-state index in [0.29, 0.717) is 49.6 Å². The van der Waals surface area contributed by atoms with E-state index in [2.05, 4.69) is 10.2 Å². The summed E-state index contributed by atoms with van der Waals surface area (Å²) in [5.74, 6) is -0.406. The van der Waals surface area contributed by atoms with Crippen molar-refractivity contribution in [3.63, 3.8) is 0 Å². The van der Waals surface area contributed by atoms with E-state index in [1.807, 2.05) is 79.4 Å². The molecule has 4 rings (SSSR count). The molecule has 0 unspecified atom stereocenters. The lowest BCUT2D eigenvalue weighted by Gasteiger charge is -2.43. The van der Waals surface area contributed by atoms with Gasteiger partial charge in [-0.25, -0.2) is 9.59 Å². The Morgan fingerprint density at radius 1 is 1.00 bits per heavy atom. The molecule has 2 aliphatic heterocycles. The van der Waals surface area contributed by atoms with Crippen LogP contribution in [-0.4, -0.2) is 78.0 Å². The lowest BCUT2D eigenvalue weighted by molar-refractivity contribution is -0.139. The molecule has 2 atom stereocenters. The molecule has 2 aromatic rings. The van der Waals surface area contributed by atoms with Crippen molar-refractivity contribution >= 4 is 17.9 Å². The van der Waals surface area contributed by atoms with E-state index < -0.39 is 12.0 Å². The number of rotatable bonds is 7. The van der Waals surface area contributed by atoms with E-state index in [0.717, 1.165) is 5.56 Å². The lowest BCUT2D eigenvalue weighted by Crippen LogP contribution is -2.56. The topological polar surface area (TPSA) is 82.2 Å². The number of nitrogens with one attached hydrogen (secondary N) is 1. The Morgan fingerprint density at radius 2 is 1.67 bits per heavy atom. The molecule has 2 aromatic carbocycles. The van der Waals surface area contributed by atoms with Gasteiger partial charge in [-0.05, 0) is 38.5 Å². The average molecular weight is 491 g/mol. The first-order valence-corrected chi connectivity index (χ1v) is 12.6. The molecule has 0 saturated carbocycles. The van der Waals surface area contributed by atoms with Crippen LogP contribution in [0.3, 0.4) is 0 Å². The number of likely N-dealkylation sites (N-methyl/N-ethyl adjacent to an activating group) is 1. The summed E-state index contributed by atoms with van der Waals surface area (Å²) in [5, 5.41) is 3.00. The molecule has 8 heteroatoms. The van der Waals surface area contributed by atoms with Crippen LogP contribution in [0.5, 0.6) is 0 Å². The zero-order valence-electron chi connectivity index (χ0n) is 21.1. The molecular weight excluding hydrogens is 456 g/mol. The molecule has 3 amide bonds. The average Bonchev–Trinajstić information content (AvgIpc) is 2.89. The van der Waals surface area contributed by atoms with Crippen molar-refractivity contribution in [2.45, 2.75) is 32.9 Å². The summed E-state index contributed by atoms with van der Waals surface area (Å²) in [6, 6.07) is 17.9. The molecule has 0 aromatic heterocycles. The van der Waals surface area contributed by atoms with Gasteiger partial charge in [0.15, 0.2) is 0 Å². The second kappa shape index (κ2) is 11.4. The number of piperazine rings is 1. The predicted octanol–water partition coefficient (Wildman–Crippen LogP) is 3.44. The van der Waals surface area contributed by atoms with Crippen LogP contribution in [0.25, 0.3) is 0 Å². The lowest BCUT2D eigenvalue weighted by atomic mass is 9.94. The van der Waals surface area contributed by atoms with Gasteiger partial charge in [0.2, 0.25) is 0 Å². The Morgan fingerprint density at radius 3 is 2.28 bits per heavy atom. The van der Waals surface area contributed by atoms with Crippen LogP contribution in [0, 0.1) is 0 Å². The number of ether oxygens (including phenoxy) is 1. The fourth-order valence-corrected chi connectivity index (χ4v) is 4.99. The van der Waals surface area contributed by atoms with Gasteiger partial charge in [-0.3, -0.25) is 14.6 Å². The van der Waals surface area contributed by atoms with Crippen molar-refractivity contribution in [2.75, 3.05) is 39.3 Å². The molecule has 0 radical (unpaired) electrons. The SMILES string of the molecule is CCOC(=O)C1=C(CN2CCN(C(=O)c3ccccc3)[C@@H](C)C2)N(CC)C(=O)N[C@@H]1c1ccccc1. The molecule has 0 bridgehead atoms. The Bertz CT molecular complexity index is 1120. The van der Waals surface area contributed by atoms with Gasteiger partial charge in [0.25, 0.3) is 5.91 Å². The molecular formula is C28H34N4O4. The fourth-order valence-electron chi connectivity index (χ4n) is 4.99. The van der Waals surface area contributed by atoms with Gasteiger partial charge in [0.1, 0.15) is 0 Å². The van der Waals surface area contributed by atoms with Gasteiger partial charge in [0.05, 0.1) is 18.2 Å². The van der Waals surface area contributed by atoms with E-state index in [4.69, 9.17) is 4.74 Å². The molecule has 36 heavy (non-hydrogen) atoms. The fraction of sp³-hybridized carbons (Fsp3) is 0.393. The molecule has 8 nitrogen and oxygen atoms in total. The van der Waals surface area contributed by atoms with E-state index >= 15 is 0 Å². The van der Waals surface area contributed by atoms with Crippen LogP contribution in [0.4, 0.5) is 4.79 Å². The van der Waals surface area contributed by atoms with Gasteiger partial charge >= 0.3 is 12.0 Å². The first-order chi connectivity index (χ1) is 17.4.